The monoisotopic (exact) mass is 447 g/mol. The maximum absolute atomic E-state index is 12.5. The van der Waals surface area contributed by atoms with E-state index in [1.54, 1.807) is 36.5 Å². The minimum absolute atomic E-state index is 0.0753. The molecule has 0 fully saturated rings. The Morgan fingerprint density at radius 3 is 2.55 bits per heavy atom. The number of anilines is 1. The number of allylic oxidation sites excluding steroid dienone is 1. The molecule has 0 saturated heterocycles. The van der Waals surface area contributed by atoms with E-state index in [-0.39, 0.29) is 13.0 Å². The standard InChI is InChI=1S/C20H25N5O5S/c1-5-11-22-24(3)16-8-6-15(7-9-16)17-13-18(26)25(14-21-17)12-10-20(2,19(27)23-28)31(4,29)30/h5-9,11,13-14,28H,1,10,12H2,2-4H3,(H,23,27)/b22-11-/t20-/m1/s1. The largest absolute Gasteiger partial charge is 0.299 e. The average molecular weight is 448 g/mol. The third-order valence-corrected chi connectivity index (χ3v) is 7.02. The fourth-order valence-corrected chi connectivity index (χ4v) is 3.58. The molecule has 0 aliphatic carbocycles. The van der Waals surface area contributed by atoms with Gasteiger partial charge in [0.2, 0.25) is 0 Å². The minimum atomic E-state index is -3.85. The van der Waals surface area contributed by atoms with Gasteiger partial charge in [0.05, 0.1) is 17.7 Å². The van der Waals surface area contributed by atoms with Crippen LogP contribution in [0.3, 0.4) is 0 Å². The van der Waals surface area contributed by atoms with Gasteiger partial charge < -0.3 is 0 Å². The summed E-state index contributed by atoms with van der Waals surface area (Å²) < 4.78 is 23.4. The maximum Gasteiger partial charge on any atom is 0.264 e. The number of benzene rings is 1. The summed E-state index contributed by atoms with van der Waals surface area (Å²) in [6.45, 7) is 4.69. The van der Waals surface area contributed by atoms with Crippen LogP contribution < -0.4 is 16.0 Å². The number of sulfone groups is 1. The molecule has 1 aromatic carbocycles. The number of hydrogen-bond acceptors (Lipinski definition) is 8. The predicted octanol–water partition coefficient (Wildman–Crippen LogP) is 1.22. The van der Waals surface area contributed by atoms with Crippen LogP contribution in [0.1, 0.15) is 13.3 Å². The van der Waals surface area contributed by atoms with Crippen molar-refractivity contribution in [1.82, 2.24) is 15.0 Å². The van der Waals surface area contributed by atoms with Crippen LogP contribution in [0.2, 0.25) is 0 Å². The number of amides is 1. The van der Waals surface area contributed by atoms with Gasteiger partial charge in [-0.3, -0.25) is 24.4 Å². The molecule has 0 bridgehead atoms. The molecule has 2 aromatic rings. The third kappa shape index (κ3) is 5.44. The van der Waals surface area contributed by atoms with E-state index in [0.29, 0.717) is 5.69 Å². The SMILES string of the molecule is C=C/C=N\N(C)c1ccc(-c2cc(=O)n(CC[C@](C)(C(=O)NO)S(C)(=O)=O)cn2)cc1. The molecule has 1 aromatic heterocycles. The summed E-state index contributed by atoms with van der Waals surface area (Å²) in [5.41, 5.74) is 2.97. The van der Waals surface area contributed by atoms with Gasteiger partial charge in [-0.25, -0.2) is 18.9 Å². The van der Waals surface area contributed by atoms with Gasteiger partial charge in [-0.15, -0.1) is 0 Å². The molecule has 2 N–H and O–H groups in total. The van der Waals surface area contributed by atoms with Gasteiger partial charge in [-0.2, -0.15) is 5.10 Å². The Hall–Kier alpha value is -3.31. The van der Waals surface area contributed by atoms with E-state index in [1.807, 2.05) is 12.1 Å². The lowest BCUT2D eigenvalue weighted by molar-refractivity contribution is -0.131. The predicted molar refractivity (Wildman–Crippen MR) is 119 cm³/mol. The highest BCUT2D eigenvalue weighted by atomic mass is 32.2. The molecule has 1 atom stereocenters. The van der Waals surface area contributed by atoms with E-state index in [0.717, 1.165) is 17.5 Å². The van der Waals surface area contributed by atoms with Crippen LogP contribution in [-0.2, 0) is 21.2 Å². The maximum atomic E-state index is 12.5. The van der Waals surface area contributed by atoms with Gasteiger partial charge in [0.1, 0.15) is 0 Å². The fourth-order valence-electron chi connectivity index (χ4n) is 2.73. The molecule has 1 amide bonds. The Kier molecular flexibility index (Phi) is 7.47. The van der Waals surface area contributed by atoms with E-state index in [2.05, 4.69) is 16.7 Å². The number of carbonyl (C=O) groups excluding carboxylic acids is 1. The van der Waals surface area contributed by atoms with E-state index in [9.17, 15) is 18.0 Å². The highest BCUT2D eigenvalue weighted by Crippen LogP contribution is 2.23. The summed E-state index contributed by atoms with van der Waals surface area (Å²) in [7, 11) is -2.07. The van der Waals surface area contributed by atoms with E-state index < -0.39 is 26.1 Å². The van der Waals surface area contributed by atoms with Crippen molar-refractivity contribution in [3.05, 3.63) is 59.7 Å². The first-order chi connectivity index (χ1) is 14.5. The zero-order valence-corrected chi connectivity index (χ0v) is 18.3. The third-order valence-electron chi connectivity index (χ3n) is 4.99. The molecular formula is C20H25N5O5S. The summed E-state index contributed by atoms with van der Waals surface area (Å²) in [4.78, 5) is 28.7. The van der Waals surface area contributed by atoms with Crippen LogP contribution in [-0.4, -0.2) is 53.3 Å². The highest BCUT2D eigenvalue weighted by Gasteiger charge is 2.43. The van der Waals surface area contributed by atoms with Gasteiger partial charge in [0.15, 0.2) is 14.6 Å². The molecule has 2 rings (SSSR count). The van der Waals surface area contributed by atoms with Crippen LogP contribution in [0.4, 0.5) is 5.69 Å². The number of nitrogens with zero attached hydrogens (tertiary/aromatic N) is 4. The zero-order chi connectivity index (χ0) is 23.2. The fraction of sp³-hybridized carbons (Fsp3) is 0.300. The van der Waals surface area contributed by atoms with Crippen molar-refractivity contribution in [3.63, 3.8) is 0 Å². The van der Waals surface area contributed by atoms with Crippen molar-refractivity contribution >= 4 is 27.6 Å². The lowest BCUT2D eigenvalue weighted by atomic mass is 10.1. The number of hydrazone groups is 1. The molecule has 31 heavy (non-hydrogen) atoms. The van der Waals surface area contributed by atoms with Crippen molar-refractivity contribution < 1.29 is 18.4 Å². The van der Waals surface area contributed by atoms with Gasteiger partial charge in [-0.1, -0.05) is 18.7 Å². The summed E-state index contributed by atoms with van der Waals surface area (Å²) >= 11 is 0. The quantitative estimate of drug-likeness (QED) is 0.335. The lowest BCUT2D eigenvalue weighted by Crippen LogP contribution is -2.50. The Labute approximate surface area is 180 Å². The zero-order valence-electron chi connectivity index (χ0n) is 17.5. The van der Waals surface area contributed by atoms with E-state index in [4.69, 9.17) is 5.21 Å². The summed E-state index contributed by atoms with van der Waals surface area (Å²) in [5, 5.41) is 14.7. The Morgan fingerprint density at radius 2 is 2.03 bits per heavy atom. The first kappa shape index (κ1) is 24.0. The van der Waals surface area contributed by atoms with Crippen LogP contribution >= 0.6 is 0 Å². The topological polar surface area (TPSA) is 134 Å². The Balaban J connectivity index is 2.22. The number of rotatable bonds is 9. The first-order valence-corrected chi connectivity index (χ1v) is 11.1. The van der Waals surface area contributed by atoms with Crippen molar-refractivity contribution in [2.45, 2.75) is 24.6 Å². The molecule has 0 aliphatic rings. The number of aryl methyl sites for hydroxylation is 1. The molecule has 0 aliphatic heterocycles. The molecule has 166 valence electrons. The van der Waals surface area contributed by atoms with Crippen LogP contribution in [0.25, 0.3) is 11.3 Å². The normalized spacial score (nSPS) is 13.5. The molecule has 0 spiro atoms. The summed E-state index contributed by atoms with van der Waals surface area (Å²) in [6, 6.07) is 8.59. The highest BCUT2D eigenvalue weighted by molar-refractivity contribution is 7.92. The molecule has 10 nitrogen and oxygen atoms in total. The number of nitrogens with one attached hydrogen (secondary N) is 1. The molecule has 0 saturated carbocycles. The van der Waals surface area contributed by atoms with Crippen molar-refractivity contribution in [2.24, 2.45) is 5.10 Å². The lowest BCUT2D eigenvalue weighted by Gasteiger charge is -2.25. The van der Waals surface area contributed by atoms with Crippen molar-refractivity contribution in [3.8, 4) is 11.3 Å². The van der Waals surface area contributed by atoms with Crippen LogP contribution in [0.5, 0.6) is 0 Å². The molecular weight excluding hydrogens is 422 g/mol. The van der Waals surface area contributed by atoms with E-state index in [1.165, 1.54) is 29.4 Å². The number of hydrogen-bond donors (Lipinski definition) is 2. The second kappa shape index (κ2) is 9.67. The smallest absolute Gasteiger partial charge is 0.264 e. The van der Waals surface area contributed by atoms with Gasteiger partial charge >= 0.3 is 0 Å². The molecule has 1 heterocycles. The van der Waals surface area contributed by atoms with Gasteiger partial charge in [-0.05, 0) is 31.6 Å². The number of aromatic nitrogens is 2. The van der Waals surface area contributed by atoms with Gasteiger partial charge in [0.25, 0.3) is 11.5 Å². The summed E-state index contributed by atoms with van der Waals surface area (Å²) in [5.74, 6) is -1.06. The molecule has 0 unspecified atom stereocenters. The van der Waals surface area contributed by atoms with Crippen molar-refractivity contribution in [1.29, 1.82) is 0 Å². The van der Waals surface area contributed by atoms with Crippen LogP contribution in [0, 0.1) is 0 Å². The Morgan fingerprint density at radius 1 is 1.39 bits per heavy atom. The second-order valence-corrected chi connectivity index (χ2v) is 9.52. The van der Waals surface area contributed by atoms with Crippen molar-refractivity contribution in [2.75, 3.05) is 18.3 Å². The Bertz CT molecular complexity index is 1140. The average Bonchev–Trinajstić information content (AvgIpc) is 2.75. The van der Waals surface area contributed by atoms with Crippen LogP contribution in [0.15, 0.2) is 59.2 Å². The summed E-state index contributed by atoms with van der Waals surface area (Å²) in [6.07, 6.45) is 5.11. The van der Waals surface area contributed by atoms with Gasteiger partial charge in [0, 0.05) is 37.7 Å². The first-order valence-electron chi connectivity index (χ1n) is 9.23. The second-order valence-electron chi connectivity index (χ2n) is 7.07. The molecule has 11 heteroatoms. The number of hydroxylamine groups is 1. The van der Waals surface area contributed by atoms with E-state index >= 15 is 0 Å². The minimum Gasteiger partial charge on any atom is -0.299 e. The molecule has 0 radical (unpaired) electrons. The number of carbonyl (C=O) groups is 1.